The molecule has 0 bridgehead atoms. The summed E-state index contributed by atoms with van der Waals surface area (Å²) in [6.45, 7) is 6.66. The summed E-state index contributed by atoms with van der Waals surface area (Å²) < 4.78 is 11.2. The topological polar surface area (TPSA) is 35.5 Å². The lowest BCUT2D eigenvalue weighted by molar-refractivity contribution is -0.137. The van der Waals surface area contributed by atoms with Crippen LogP contribution in [0, 0.1) is 0 Å². The molecular weight excluding hydrogens is 252 g/mol. The van der Waals surface area contributed by atoms with Crippen molar-refractivity contribution in [2.45, 2.75) is 84.0 Å². The lowest BCUT2D eigenvalue weighted by Crippen LogP contribution is -2.21. The molecule has 0 spiro atoms. The van der Waals surface area contributed by atoms with Crippen molar-refractivity contribution in [3.63, 3.8) is 0 Å². The third-order valence-corrected chi connectivity index (χ3v) is 3.55. The monoisotopic (exact) mass is 282 g/mol. The van der Waals surface area contributed by atoms with E-state index in [1.807, 2.05) is 19.9 Å². The Morgan fingerprint density at radius 1 is 1.20 bits per heavy atom. The molecule has 20 heavy (non-hydrogen) atoms. The van der Waals surface area contributed by atoms with E-state index in [-0.39, 0.29) is 11.9 Å². The van der Waals surface area contributed by atoms with Crippen LogP contribution in [-0.2, 0) is 14.3 Å². The van der Waals surface area contributed by atoms with Crippen LogP contribution in [0.1, 0.15) is 72.1 Å². The van der Waals surface area contributed by atoms with Gasteiger partial charge in [0.2, 0.25) is 0 Å². The molecule has 1 aliphatic rings. The van der Waals surface area contributed by atoms with Gasteiger partial charge >= 0.3 is 0 Å². The van der Waals surface area contributed by atoms with Crippen molar-refractivity contribution in [3.8, 4) is 0 Å². The average molecular weight is 282 g/mol. The Hall–Kier alpha value is -0.670. The zero-order valence-electron chi connectivity index (χ0n) is 13.3. The second kappa shape index (κ2) is 9.30. The fourth-order valence-electron chi connectivity index (χ4n) is 2.39. The number of rotatable bonds is 10. The Morgan fingerprint density at radius 2 is 1.90 bits per heavy atom. The fourth-order valence-corrected chi connectivity index (χ4v) is 2.39. The predicted octanol–water partition coefficient (Wildman–Crippen LogP) is 4.40. The first-order chi connectivity index (χ1) is 9.53. The highest BCUT2D eigenvalue weighted by Crippen LogP contribution is 2.24. The van der Waals surface area contributed by atoms with E-state index in [2.05, 4.69) is 6.92 Å². The zero-order chi connectivity index (χ0) is 14.8. The van der Waals surface area contributed by atoms with Gasteiger partial charge in [0.05, 0.1) is 12.7 Å². The second-order valence-electron chi connectivity index (χ2n) is 6.07. The molecule has 0 radical (unpaired) electrons. The van der Waals surface area contributed by atoms with Crippen LogP contribution in [0.4, 0.5) is 0 Å². The van der Waals surface area contributed by atoms with Crippen molar-refractivity contribution in [3.05, 3.63) is 12.2 Å². The molecule has 0 N–H and O–H groups in total. The molecule has 0 aliphatic carbocycles. The van der Waals surface area contributed by atoms with Crippen LogP contribution < -0.4 is 0 Å². The molecule has 0 aromatic carbocycles. The summed E-state index contributed by atoms with van der Waals surface area (Å²) in [6.07, 6.45) is 12.5. The van der Waals surface area contributed by atoms with E-state index >= 15 is 0 Å². The van der Waals surface area contributed by atoms with Crippen LogP contribution in [0.3, 0.4) is 0 Å². The molecule has 1 saturated heterocycles. The summed E-state index contributed by atoms with van der Waals surface area (Å²) in [5.74, 6) is -0.236. The fraction of sp³-hybridized carbons (Fsp3) is 0.824. The van der Waals surface area contributed by atoms with E-state index in [0.29, 0.717) is 13.0 Å². The highest BCUT2D eigenvalue weighted by Gasteiger charge is 2.31. The van der Waals surface area contributed by atoms with Crippen molar-refractivity contribution < 1.29 is 14.3 Å². The average Bonchev–Trinajstić information content (AvgIpc) is 2.73. The first-order valence-corrected chi connectivity index (χ1v) is 8.04. The molecule has 0 aromatic heterocycles. The molecule has 3 nitrogen and oxygen atoms in total. The Labute approximate surface area is 123 Å². The van der Waals surface area contributed by atoms with Gasteiger partial charge in [-0.15, -0.1) is 0 Å². The molecule has 0 amide bonds. The maximum absolute atomic E-state index is 11.7. The maximum Gasteiger partial charge on any atom is 0.163 e. The predicted molar refractivity (Wildman–Crippen MR) is 81.7 cm³/mol. The Bertz CT molecular complexity index is 307. The number of ketones is 1. The van der Waals surface area contributed by atoms with Gasteiger partial charge in [-0.3, -0.25) is 4.79 Å². The summed E-state index contributed by atoms with van der Waals surface area (Å²) in [5, 5.41) is 0. The van der Waals surface area contributed by atoms with E-state index in [9.17, 15) is 4.79 Å². The minimum atomic E-state index is -0.471. The Morgan fingerprint density at radius 3 is 2.55 bits per heavy atom. The van der Waals surface area contributed by atoms with Gasteiger partial charge in [-0.05, 0) is 32.8 Å². The zero-order valence-corrected chi connectivity index (χ0v) is 13.3. The minimum absolute atomic E-state index is 0.0862. The summed E-state index contributed by atoms with van der Waals surface area (Å²) in [7, 11) is 0. The first-order valence-electron chi connectivity index (χ1n) is 8.04. The number of ether oxygens (including phenoxy) is 2. The molecular formula is C17H30O3. The van der Waals surface area contributed by atoms with E-state index in [4.69, 9.17) is 9.47 Å². The van der Waals surface area contributed by atoms with Crippen LogP contribution in [0.15, 0.2) is 12.2 Å². The van der Waals surface area contributed by atoms with Crippen LogP contribution in [0.25, 0.3) is 0 Å². The summed E-state index contributed by atoms with van der Waals surface area (Å²) in [4.78, 5) is 11.7. The standard InChI is InChI=1S/C17H30O3/c1-4-5-6-7-8-9-11-15(18)12-10-13-16-14-19-17(2,3)20-16/h10,12,16H,4-9,11,13-14H2,1-3H3/b12-10+/t16-/m0/s1. The maximum atomic E-state index is 11.7. The van der Waals surface area contributed by atoms with E-state index in [0.717, 1.165) is 12.8 Å². The van der Waals surface area contributed by atoms with E-state index in [1.165, 1.54) is 32.1 Å². The van der Waals surface area contributed by atoms with Gasteiger partial charge < -0.3 is 9.47 Å². The lowest BCUT2D eigenvalue weighted by atomic mass is 10.1. The van der Waals surface area contributed by atoms with Crippen molar-refractivity contribution in [2.24, 2.45) is 0 Å². The van der Waals surface area contributed by atoms with E-state index < -0.39 is 5.79 Å². The van der Waals surface area contributed by atoms with Gasteiger partial charge in [-0.2, -0.15) is 0 Å². The van der Waals surface area contributed by atoms with Crippen LogP contribution in [0.2, 0.25) is 0 Å². The largest absolute Gasteiger partial charge is 0.348 e. The number of carbonyl (C=O) groups is 1. The van der Waals surface area contributed by atoms with Gasteiger partial charge in [0.1, 0.15) is 0 Å². The summed E-state index contributed by atoms with van der Waals surface area (Å²) in [6, 6.07) is 0. The Balaban J connectivity index is 2.03. The normalized spacial score (nSPS) is 21.6. The summed E-state index contributed by atoms with van der Waals surface area (Å²) >= 11 is 0. The first kappa shape index (κ1) is 17.4. The SMILES string of the molecule is CCCCCCCCC(=O)/C=C/C[C@H]1COC(C)(C)O1. The smallest absolute Gasteiger partial charge is 0.163 e. The number of allylic oxidation sites excluding steroid dienone is 1. The van der Waals surface area contributed by atoms with Crippen LogP contribution in [0.5, 0.6) is 0 Å². The third kappa shape index (κ3) is 7.81. The summed E-state index contributed by atoms with van der Waals surface area (Å²) in [5.41, 5.74) is 0. The third-order valence-electron chi connectivity index (χ3n) is 3.55. The molecule has 0 saturated carbocycles. The molecule has 116 valence electrons. The molecule has 1 atom stereocenters. The van der Waals surface area contributed by atoms with Gasteiger partial charge in [0.15, 0.2) is 11.6 Å². The highest BCUT2D eigenvalue weighted by molar-refractivity contribution is 5.89. The second-order valence-corrected chi connectivity index (χ2v) is 6.07. The van der Waals surface area contributed by atoms with Crippen LogP contribution in [-0.4, -0.2) is 24.3 Å². The van der Waals surface area contributed by atoms with Crippen LogP contribution >= 0.6 is 0 Å². The van der Waals surface area contributed by atoms with Gasteiger partial charge in [0, 0.05) is 6.42 Å². The number of hydrogen-bond acceptors (Lipinski definition) is 3. The molecule has 3 heteroatoms. The molecule has 0 aromatic rings. The van der Waals surface area contributed by atoms with Gasteiger partial charge in [0.25, 0.3) is 0 Å². The van der Waals surface area contributed by atoms with Gasteiger partial charge in [-0.1, -0.05) is 45.1 Å². The minimum Gasteiger partial charge on any atom is -0.348 e. The number of unbranched alkanes of at least 4 members (excludes halogenated alkanes) is 5. The van der Waals surface area contributed by atoms with Crippen molar-refractivity contribution >= 4 is 5.78 Å². The van der Waals surface area contributed by atoms with Gasteiger partial charge in [-0.25, -0.2) is 0 Å². The number of carbonyl (C=O) groups excluding carboxylic acids is 1. The molecule has 1 aliphatic heterocycles. The Kier molecular flexibility index (Phi) is 8.08. The number of hydrogen-bond donors (Lipinski definition) is 0. The quantitative estimate of drug-likeness (QED) is 0.440. The molecule has 1 fully saturated rings. The highest BCUT2D eigenvalue weighted by atomic mass is 16.7. The molecule has 1 heterocycles. The molecule has 0 unspecified atom stereocenters. The van der Waals surface area contributed by atoms with Crippen molar-refractivity contribution in [1.29, 1.82) is 0 Å². The molecule has 1 rings (SSSR count). The van der Waals surface area contributed by atoms with Crippen molar-refractivity contribution in [1.82, 2.24) is 0 Å². The van der Waals surface area contributed by atoms with E-state index in [1.54, 1.807) is 6.08 Å². The lowest BCUT2D eigenvalue weighted by Gasteiger charge is -2.16. The van der Waals surface area contributed by atoms with Crippen molar-refractivity contribution in [2.75, 3.05) is 6.61 Å².